The Bertz CT molecular complexity index is 692. The molecule has 0 radical (unpaired) electrons. The van der Waals surface area contributed by atoms with Crippen molar-refractivity contribution in [1.29, 1.82) is 0 Å². The van der Waals surface area contributed by atoms with E-state index >= 15 is 0 Å². The Morgan fingerprint density at radius 2 is 1.58 bits per heavy atom. The Kier molecular flexibility index (Phi) is 5.49. The van der Waals surface area contributed by atoms with Crippen molar-refractivity contribution in [2.45, 2.75) is 20.0 Å². The van der Waals surface area contributed by atoms with Crippen molar-refractivity contribution >= 4 is 17.3 Å². The maximum absolute atomic E-state index is 13.0. The number of carbonyl (C=O) groups excluding carboxylic acids is 1. The number of alkyl halides is 3. The summed E-state index contributed by atoms with van der Waals surface area (Å²) in [6.07, 6.45) is -4.57. The summed E-state index contributed by atoms with van der Waals surface area (Å²) in [6, 6.07) is 11.8. The van der Waals surface area contributed by atoms with Gasteiger partial charge in [-0.2, -0.15) is 13.2 Å². The number of rotatable bonds is 5. The highest BCUT2D eigenvalue weighted by molar-refractivity contribution is 6.05. The molecule has 0 saturated carbocycles. The topological polar surface area (TPSA) is 32.3 Å². The average Bonchev–Trinajstić information content (AvgIpc) is 2.56. The van der Waals surface area contributed by atoms with E-state index in [1.807, 2.05) is 26.0 Å². The molecule has 0 heterocycles. The summed E-state index contributed by atoms with van der Waals surface area (Å²) in [4.78, 5) is 14.3. The van der Waals surface area contributed by atoms with E-state index in [1.54, 1.807) is 12.1 Å². The molecule has 2 aromatic rings. The quantitative estimate of drug-likeness (QED) is 0.850. The van der Waals surface area contributed by atoms with Crippen molar-refractivity contribution in [2.75, 3.05) is 23.3 Å². The first-order valence-electron chi connectivity index (χ1n) is 7.69. The van der Waals surface area contributed by atoms with Crippen LogP contribution in [0.25, 0.3) is 0 Å². The van der Waals surface area contributed by atoms with Crippen LogP contribution in [0.4, 0.5) is 24.5 Å². The number of anilines is 2. The lowest BCUT2D eigenvalue weighted by atomic mass is 10.1. The van der Waals surface area contributed by atoms with Gasteiger partial charge in [-0.15, -0.1) is 0 Å². The smallest absolute Gasteiger partial charge is 0.372 e. The highest BCUT2D eigenvalue weighted by atomic mass is 19.4. The van der Waals surface area contributed by atoms with Crippen LogP contribution < -0.4 is 10.2 Å². The van der Waals surface area contributed by atoms with Gasteiger partial charge in [-0.25, -0.2) is 0 Å². The zero-order valence-corrected chi connectivity index (χ0v) is 13.5. The first-order valence-corrected chi connectivity index (χ1v) is 7.69. The van der Waals surface area contributed by atoms with Crippen molar-refractivity contribution in [2.24, 2.45) is 0 Å². The molecule has 0 fully saturated rings. The number of hydrogen-bond acceptors (Lipinski definition) is 2. The summed E-state index contributed by atoms with van der Waals surface area (Å²) in [6.45, 7) is 5.77. The number of carbonyl (C=O) groups is 1. The number of benzene rings is 2. The predicted molar refractivity (Wildman–Crippen MR) is 89.4 cm³/mol. The van der Waals surface area contributed by atoms with Gasteiger partial charge in [0.25, 0.3) is 5.91 Å². The zero-order valence-electron chi connectivity index (χ0n) is 13.5. The van der Waals surface area contributed by atoms with E-state index in [-0.39, 0.29) is 0 Å². The van der Waals surface area contributed by atoms with Gasteiger partial charge < -0.3 is 10.2 Å². The van der Waals surface area contributed by atoms with Crippen molar-refractivity contribution in [3.05, 3.63) is 59.7 Å². The van der Waals surface area contributed by atoms with Crippen molar-refractivity contribution in [3.63, 3.8) is 0 Å². The van der Waals surface area contributed by atoms with E-state index in [0.717, 1.165) is 24.8 Å². The summed E-state index contributed by atoms with van der Waals surface area (Å²) in [5, 5.41) is 2.52. The molecule has 0 aliphatic carbocycles. The highest BCUT2D eigenvalue weighted by Gasteiger charge is 2.34. The summed E-state index contributed by atoms with van der Waals surface area (Å²) < 4.78 is 38.9. The molecule has 0 atom stereocenters. The summed E-state index contributed by atoms with van der Waals surface area (Å²) in [7, 11) is 0. The second-order valence-corrected chi connectivity index (χ2v) is 5.22. The molecular formula is C18H19F3N2O. The van der Waals surface area contributed by atoms with Crippen LogP contribution in [0.15, 0.2) is 48.5 Å². The largest absolute Gasteiger partial charge is 0.417 e. The van der Waals surface area contributed by atoms with E-state index in [1.165, 1.54) is 18.2 Å². The molecule has 128 valence electrons. The average molecular weight is 336 g/mol. The third-order valence-corrected chi connectivity index (χ3v) is 3.73. The maximum atomic E-state index is 13.0. The molecule has 0 unspecified atom stereocenters. The minimum atomic E-state index is -4.57. The number of amides is 1. The van der Waals surface area contributed by atoms with Crippen LogP contribution in [0.3, 0.4) is 0 Å². The molecule has 1 N–H and O–H groups in total. The number of nitrogens with one attached hydrogen (secondary N) is 1. The van der Waals surface area contributed by atoms with Crippen LogP contribution in [0.2, 0.25) is 0 Å². The van der Waals surface area contributed by atoms with E-state index in [9.17, 15) is 18.0 Å². The zero-order chi connectivity index (χ0) is 17.7. The molecule has 0 spiro atoms. The lowest BCUT2D eigenvalue weighted by Gasteiger charge is -2.21. The van der Waals surface area contributed by atoms with Crippen LogP contribution in [-0.2, 0) is 6.18 Å². The minimum Gasteiger partial charge on any atom is -0.372 e. The van der Waals surface area contributed by atoms with Gasteiger partial charge in [0, 0.05) is 24.5 Å². The van der Waals surface area contributed by atoms with E-state index < -0.39 is 23.2 Å². The maximum Gasteiger partial charge on any atom is 0.417 e. The molecule has 3 nitrogen and oxygen atoms in total. The molecule has 0 bridgehead atoms. The lowest BCUT2D eigenvalue weighted by molar-refractivity contribution is -0.137. The van der Waals surface area contributed by atoms with Crippen LogP contribution in [0.1, 0.15) is 29.8 Å². The third-order valence-electron chi connectivity index (χ3n) is 3.73. The van der Waals surface area contributed by atoms with Gasteiger partial charge in [0.15, 0.2) is 0 Å². The lowest BCUT2D eigenvalue weighted by Crippen LogP contribution is -2.22. The molecule has 0 aliphatic rings. The van der Waals surface area contributed by atoms with Gasteiger partial charge in [0.05, 0.1) is 11.1 Å². The molecule has 0 aliphatic heterocycles. The van der Waals surface area contributed by atoms with E-state index in [4.69, 9.17) is 0 Å². The SMILES string of the molecule is CCN(CC)c1ccc(NC(=O)c2ccccc2C(F)(F)F)cc1. The molecular weight excluding hydrogens is 317 g/mol. The van der Waals surface area contributed by atoms with Gasteiger partial charge in [0.2, 0.25) is 0 Å². The first-order chi connectivity index (χ1) is 11.4. The number of halogens is 3. The second kappa shape index (κ2) is 7.38. The Labute approximate surface area is 139 Å². The van der Waals surface area contributed by atoms with Gasteiger partial charge in [0.1, 0.15) is 0 Å². The normalized spacial score (nSPS) is 11.2. The monoisotopic (exact) mass is 336 g/mol. The molecule has 0 aromatic heterocycles. The Hall–Kier alpha value is -2.50. The second-order valence-electron chi connectivity index (χ2n) is 5.22. The van der Waals surface area contributed by atoms with Crippen LogP contribution in [-0.4, -0.2) is 19.0 Å². The third kappa shape index (κ3) is 4.07. The standard InChI is InChI=1S/C18H19F3N2O/c1-3-23(4-2)14-11-9-13(10-12-14)22-17(24)15-7-5-6-8-16(15)18(19,20)21/h5-12H,3-4H2,1-2H3,(H,22,24). The Morgan fingerprint density at radius 1 is 1.00 bits per heavy atom. The fraction of sp³-hybridized carbons (Fsp3) is 0.278. The van der Waals surface area contributed by atoms with E-state index in [2.05, 4.69) is 10.2 Å². The van der Waals surface area contributed by atoms with Crippen molar-refractivity contribution < 1.29 is 18.0 Å². The van der Waals surface area contributed by atoms with Crippen molar-refractivity contribution in [1.82, 2.24) is 0 Å². The molecule has 24 heavy (non-hydrogen) atoms. The molecule has 2 aromatic carbocycles. The molecule has 2 rings (SSSR count). The molecule has 1 amide bonds. The van der Waals surface area contributed by atoms with Crippen molar-refractivity contribution in [3.8, 4) is 0 Å². The van der Waals surface area contributed by atoms with Gasteiger partial charge >= 0.3 is 6.18 Å². The predicted octanol–water partition coefficient (Wildman–Crippen LogP) is 4.80. The van der Waals surface area contributed by atoms with E-state index in [0.29, 0.717) is 5.69 Å². The van der Waals surface area contributed by atoms with Crippen LogP contribution in [0, 0.1) is 0 Å². The fourth-order valence-electron chi connectivity index (χ4n) is 2.47. The minimum absolute atomic E-state index is 0.391. The Morgan fingerprint density at radius 3 is 2.12 bits per heavy atom. The highest BCUT2D eigenvalue weighted by Crippen LogP contribution is 2.32. The summed E-state index contributed by atoms with van der Waals surface area (Å²) in [5.41, 5.74) is 0.113. The first kappa shape index (κ1) is 17.8. The fourth-order valence-corrected chi connectivity index (χ4v) is 2.47. The summed E-state index contributed by atoms with van der Waals surface area (Å²) in [5.74, 6) is -0.779. The molecule has 0 saturated heterocycles. The van der Waals surface area contributed by atoms with Crippen LogP contribution in [0.5, 0.6) is 0 Å². The summed E-state index contributed by atoms with van der Waals surface area (Å²) >= 11 is 0. The van der Waals surface area contributed by atoms with Crippen LogP contribution >= 0.6 is 0 Å². The van der Waals surface area contributed by atoms with Gasteiger partial charge in [-0.1, -0.05) is 12.1 Å². The number of hydrogen-bond donors (Lipinski definition) is 1. The van der Waals surface area contributed by atoms with Gasteiger partial charge in [-0.05, 0) is 50.2 Å². The van der Waals surface area contributed by atoms with Gasteiger partial charge in [-0.3, -0.25) is 4.79 Å². The Balaban J connectivity index is 2.19. The molecule has 6 heteroatoms. The number of nitrogens with zero attached hydrogens (tertiary/aromatic N) is 1.